The number of halogens is 1. The normalized spacial score (nSPS) is 26.6. The largest absolute Gasteiger partial charge is 0.390 e. The van der Waals surface area contributed by atoms with Crippen LogP contribution in [0.5, 0.6) is 0 Å². The lowest BCUT2D eigenvalue weighted by molar-refractivity contribution is 0.00238. The van der Waals surface area contributed by atoms with E-state index in [9.17, 15) is 14.6 Å². The predicted molar refractivity (Wildman–Crippen MR) is 99.6 cm³/mol. The van der Waals surface area contributed by atoms with Gasteiger partial charge in [-0.2, -0.15) is 0 Å². The van der Waals surface area contributed by atoms with E-state index in [4.69, 9.17) is 5.73 Å². The first-order valence-electron chi connectivity index (χ1n) is 9.11. The van der Waals surface area contributed by atoms with Gasteiger partial charge in [0.25, 0.3) is 0 Å². The number of rotatable bonds is 4. The summed E-state index contributed by atoms with van der Waals surface area (Å²) in [7, 11) is 0. The zero-order valence-corrected chi connectivity index (χ0v) is 15.0. The molecule has 3 aromatic rings. The lowest BCUT2D eigenvalue weighted by Gasteiger charge is -2.25. The van der Waals surface area contributed by atoms with E-state index in [-0.39, 0.29) is 23.7 Å². The molecule has 2 aromatic heterocycles. The molecule has 4 N–H and O–H groups in total. The van der Waals surface area contributed by atoms with Crippen molar-refractivity contribution in [2.45, 2.75) is 37.5 Å². The summed E-state index contributed by atoms with van der Waals surface area (Å²) in [6.07, 6.45) is 2.08. The smallest absolute Gasteiger partial charge is 0.143 e. The topological polar surface area (TPSA) is 97.2 Å². The first kappa shape index (κ1) is 18.0. The second-order valence-electron chi connectivity index (χ2n) is 7.26. The number of aryl methyl sites for hydroxylation is 1. The number of aliphatic hydroxyl groups is 2. The molecule has 1 saturated carbocycles. The summed E-state index contributed by atoms with van der Waals surface area (Å²) in [5.74, 6) is -0.715. The summed E-state index contributed by atoms with van der Waals surface area (Å²) in [5.41, 5.74) is 8.47. The van der Waals surface area contributed by atoms with Crippen LogP contribution >= 0.6 is 0 Å². The zero-order valence-electron chi connectivity index (χ0n) is 15.0. The highest BCUT2D eigenvalue weighted by molar-refractivity contribution is 5.78. The number of hydrogen-bond acceptors (Lipinski definition) is 5. The summed E-state index contributed by atoms with van der Waals surface area (Å²) in [6, 6.07) is 7.80. The molecule has 0 radical (unpaired) electrons. The first-order valence-corrected chi connectivity index (χ1v) is 9.11. The summed E-state index contributed by atoms with van der Waals surface area (Å²) in [6.45, 7) is 2.22. The van der Waals surface area contributed by atoms with Gasteiger partial charge < -0.3 is 20.5 Å². The molecule has 0 saturated heterocycles. The van der Waals surface area contributed by atoms with Gasteiger partial charge in [-0.3, -0.25) is 0 Å². The summed E-state index contributed by atoms with van der Waals surface area (Å²) in [5, 5.41) is 22.4. The number of nitrogens with two attached hydrogens (primary N) is 1. The minimum absolute atomic E-state index is 0.168. The molecule has 0 aliphatic heterocycles. The molecule has 1 aliphatic carbocycles. The third-order valence-corrected chi connectivity index (χ3v) is 5.83. The van der Waals surface area contributed by atoms with E-state index in [2.05, 4.69) is 9.97 Å². The lowest BCUT2D eigenvalue weighted by atomic mass is 9.83. The molecule has 1 fully saturated rings. The van der Waals surface area contributed by atoms with Crippen LogP contribution in [0, 0.1) is 18.7 Å². The number of benzene rings is 1. The maximum atomic E-state index is 13.3. The van der Waals surface area contributed by atoms with Crippen LogP contribution in [0.1, 0.15) is 29.6 Å². The van der Waals surface area contributed by atoms with Crippen molar-refractivity contribution in [3.63, 3.8) is 0 Å². The number of hydrogen-bond donors (Lipinski definition) is 3. The Hall–Kier alpha value is -2.35. The molecule has 7 heteroatoms. The Bertz CT molecular complexity index is 943. The van der Waals surface area contributed by atoms with E-state index >= 15 is 0 Å². The standard InChI is InChI=1S/C20H23FN4O2/c1-11-14-6-7-25(20(14)24-10-23-11)17-8-15(18(26)19(17)27)16(9-22)12-2-4-13(21)5-3-12/h2-7,10,15-19,26-27H,8-9,22H2,1H3/t15-,16?,17-,18-,19+/m1/s1. The minimum Gasteiger partial charge on any atom is -0.390 e. The number of aliphatic hydroxyl groups excluding tert-OH is 2. The highest BCUT2D eigenvalue weighted by Gasteiger charge is 2.46. The maximum Gasteiger partial charge on any atom is 0.143 e. The Morgan fingerprint density at radius 2 is 1.93 bits per heavy atom. The van der Waals surface area contributed by atoms with Gasteiger partial charge in [-0.25, -0.2) is 14.4 Å². The Labute approximate surface area is 156 Å². The number of fused-ring (bicyclic) bond motifs is 1. The molecule has 1 aromatic carbocycles. The van der Waals surface area contributed by atoms with Crippen molar-refractivity contribution in [2.75, 3.05) is 6.54 Å². The average molecular weight is 370 g/mol. The van der Waals surface area contributed by atoms with Crippen LogP contribution < -0.4 is 5.73 Å². The fraction of sp³-hybridized carbons (Fsp3) is 0.400. The molecule has 27 heavy (non-hydrogen) atoms. The van der Waals surface area contributed by atoms with E-state index in [1.54, 1.807) is 12.1 Å². The van der Waals surface area contributed by atoms with Crippen molar-refractivity contribution in [3.8, 4) is 0 Å². The summed E-state index contributed by atoms with van der Waals surface area (Å²) < 4.78 is 15.2. The molecule has 4 rings (SSSR count). The Balaban J connectivity index is 1.67. The van der Waals surface area contributed by atoms with Crippen LogP contribution in [0.25, 0.3) is 11.0 Å². The molecule has 142 valence electrons. The van der Waals surface area contributed by atoms with Crippen LogP contribution in [0.2, 0.25) is 0 Å². The van der Waals surface area contributed by atoms with Crippen LogP contribution in [0.4, 0.5) is 4.39 Å². The summed E-state index contributed by atoms with van der Waals surface area (Å²) >= 11 is 0. The second kappa shape index (κ2) is 6.99. The van der Waals surface area contributed by atoms with E-state index < -0.39 is 12.2 Å². The van der Waals surface area contributed by atoms with Crippen molar-refractivity contribution in [1.29, 1.82) is 0 Å². The zero-order chi connectivity index (χ0) is 19.1. The van der Waals surface area contributed by atoms with Crippen LogP contribution in [0.3, 0.4) is 0 Å². The van der Waals surface area contributed by atoms with Crippen molar-refractivity contribution >= 4 is 11.0 Å². The van der Waals surface area contributed by atoms with E-state index in [0.29, 0.717) is 13.0 Å². The Morgan fingerprint density at radius 1 is 1.19 bits per heavy atom. The van der Waals surface area contributed by atoms with Gasteiger partial charge in [0.05, 0.1) is 17.8 Å². The van der Waals surface area contributed by atoms with Crippen molar-refractivity contribution in [1.82, 2.24) is 14.5 Å². The minimum atomic E-state index is -0.935. The molecule has 6 nitrogen and oxygen atoms in total. The molecular weight excluding hydrogens is 347 g/mol. The third kappa shape index (κ3) is 3.01. The van der Waals surface area contributed by atoms with Gasteiger partial charge in [-0.1, -0.05) is 12.1 Å². The van der Waals surface area contributed by atoms with E-state index in [1.807, 2.05) is 23.8 Å². The molecule has 0 spiro atoms. The maximum absolute atomic E-state index is 13.3. The van der Waals surface area contributed by atoms with Crippen LogP contribution in [-0.4, -0.2) is 43.5 Å². The SMILES string of the molecule is Cc1ncnc2c1ccn2[C@@H]1C[C@H](C(CN)c2ccc(F)cc2)[C@@H](O)[C@H]1O. The Kier molecular flexibility index (Phi) is 4.67. The van der Waals surface area contributed by atoms with Crippen molar-refractivity contribution in [3.05, 3.63) is 59.9 Å². The highest BCUT2D eigenvalue weighted by Crippen LogP contribution is 2.43. The van der Waals surface area contributed by atoms with Crippen LogP contribution in [0.15, 0.2) is 42.9 Å². The van der Waals surface area contributed by atoms with E-state index in [1.165, 1.54) is 18.5 Å². The third-order valence-electron chi connectivity index (χ3n) is 5.83. The molecule has 1 unspecified atom stereocenters. The fourth-order valence-electron chi connectivity index (χ4n) is 4.35. The van der Waals surface area contributed by atoms with E-state index in [0.717, 1.165) is 22.3 Å². The monoisotopic (exact) mass is 370 g/mol. The van der Waals surface area contributed by atoms with Gasteiger partial charge in [0.2, 0.25) is 0 Å². The van der Waals surface area contributed by atoms with Gasteiger partial charge in [0.1, 0.15) is 23.9 Å². The van der Waals surface area contributed by atoms with Gasteiger partial charge >= 0.3 is 0 Å². The average Bonchev–Trinajstić information content (AvgIpc) is 3.21. The molecule has 1 aliphatic rings. The predicted octanol–water partition coefficient (Wildman–Crippen LogP) is 1.90. The quantitative estimate of drug-likeness (QED) is 0.652. The van der Waals surface area contributed by atoms with Gasteiger partial charge in [-0.15, -0.1) is 0 Å². The summed E-state index contributed by atoms with van der Waals surface area (Å²) in [4.78, 5) is 8.56. The number of aromatic nitrogens is 3. The Morgan fingerprint density at radius 3 is 2.63 bits per heavy atom. The van der Waals surface area contributed by atoms with Crippen molar-refractivity contribution < 1.29 is 14.6 Å². The molecule has 0 amide bonds. The lowest BCUT2D eigenvalue weighted by Crippen LogP contribution is -2.33. The van der Waals surface area contributed by atoms with Gasteiger partial charge in [0.15, 0.2) is 0 Å². The van der Waals surface area contributed by atoms with Gasteiger partial charge in [-0.05, 0) is 49.6 Å². The molecular formula is C20H23FN4O2. The van der Waals surface area contributed by atoms with Gasteiger partial charge in [0, 0.05) is 17.5 Å². The number of nitrogens with zero attached hydrogens (tertiary/aromatic N) is 3. The highest BCUT2D eigenvalue weighted by atomic mass is 19.1. The van der Waals surface area contributed by atoms with Crippen LogP contribution in [-0.2, 0) is 0 Å². The molecule has 5 atom stereocenters. The molecule has 2 heterocycles. The molecule has 0 bridgehead atoms. The van der Waals surface area contributed by atoms with Crippen molar-refractivity contribution in [2.24, 2.45) is 11.7 Å². The first-order chi connectivity index (χ1) is 13.0. The fourth-order valence-corrected chi connectivity index (χ4v) is 4.35. The second-order valence-corrected chi connectivity index (χ2v) is 7.26.